The first-order valence-electron chi connectivity index (χ1n) is 9.35. The maximum Gasteiger partial charge on any atom is 0.282 e. The molecule has 0 radical (unpaired) electrons. The molecule has 0 saturated heterocycles. The normalized spacial score (nSPS) is 10.8. The first-order valence-corrected chi connectivity index (χ1v) is 10.2. The Morgan fingerprint density at radius 1 is 1.17 bits per heavy atom. The lowest BCUT2D eigenvalue weighted by Crippen LogP contribution is -2.33. The van der Waals surface area contributed by atoms with Gasteiger partial charge in [0.25, 0.3) is 11.6 Å². The fourth-order valence-electron chi connectivity index (χ4n) is 3.26. The van der Waals surface area contributed by atoms with Crippen molar-refractivity contribution in [3.05, 3.63) is 63.2 Å². The highest BCUT2D eigenvalue weighted by Gasteiger charge is 2.27. The van der Waals surface area contributed by atoms with Crippen LogP contribution in [0.5, 0.6) is 0 Å². The molecule has 7 nitrogen and oxygen atoms in total. The second kappa shape index (κ2) is 9.97. The van der Waals surface area contributed by atoms with Crippen LogP contribution in [0.25, 0.3) is 10.2 Å². The molecular weight excluding hydrogens is 424 g/mol. The number of carbonyl (C=O) groups is 1. The highest BCUT2D eigenvalue weighted by atomic mass is 35.5. The second-order valence-corrected chi connectivity index (χ2v) is 8.32. The molecule has 0 bridgehead atoms. The number of rotatable bonds is 7. The Kier molecular flexibility index (Phi) is 7.89. The maximum absolute atomic E-state index is 13.3. The van der Waals surface area contributed by atoms with E-state index in [1.165, 1.54) is 23.5 Å². The zero-order valence-corrected chi connectivity index (χ0v) is 19.0. The molecule has 0 aliphatic heterocycles. The van der Waals surface area contributed by atoms with Crippen LogP contribution in [-0.4, -0.2) is 47.9 Å². The zero-order valence-electron chi connectivity index (χ0n) is 17.4. The molecule has 3 rings (SSSR count). The molecule has 9 heteroatoms. The van der Waals surface area contributed by atoms with Gasteiger partial charge in [-0.15, -0.1) is 12.4 Å². The summed E-state index contributed by atoms with van der Waals surface area (Å²) in [4.78, 5) is 32.6. The first kappa shape index (κ1) is 23.7. The monoisotopic (exact) mass is 448 g/mol. The lowest BCUT2D eigenvalue weighted by molar-refractivity contribution is -0.385. The van der Waals surface area contributed by atoms with Gasteiger partial charge in [-0.3, -0.25) is 19.8 Å². The number of nitrogens with zero attached hydrogens (tertiary/aromatic N) is 4. The average Bonchev–Trinajstić information content (AvgIpc) is 3.08. The van der Waals surface area contributed by atoms with Crippen molar-refractivity contribution in [2.45, 2.75) is 20.3 Å². The van der Waals surface area contributed by atoms with Crippen LogP contribution >= 0.6 is 23.7 Å². The third-order valence-electron chi connectivity index (χ3n) is 4.61. The highest BCUT2D eigenvalue weighted by Crippen LogP contribution is 2.33. The molecule has 0 atom stereocenters. The lowest BCUT2D eigenvalue weighted by Gasteiger charge is -2.21. The highest BCUT2D eigenvalue weighted by molar-refractivity contribution is 7.22. The molecular formula is C21H25ClN4O3S. The summed E-state index contributed by atoms with van der Waals surface area (Å²) in [5.41, 5.74) is 2.93. The van der Waals surface area contributed by atoms with E-state index in [0.717, 1.165) is 34.3 Å². The number of hydrogen-bond acceptors (Lipinski definition) is 6. The van der Waals surface area contributed by atoms with Gasteiger partial charge >= 0.3 is 0 Å². The van der Waals surface area contributed by atoms with Crippen molar-refractivity contribution in [1.82, 2.24) is 9.88 Å². The quantitative estimate of drug-likeness (QED) is 0.381. The Morgan fingerprint density at radius 3 is 2.53 bits per heavy atom. The molecule has 0 N–H and O–H groups in total. The maximum atomic E-state index is 13.3. The molecule has 0 fully saturated rings. The molecule has 30 heavy (non-hydrogen) atoms. The first-order chi connectivity index (χ1) is 13.8. The van der Waals surface area contributed by atoms with Crippen molar-refractivity contribution in [1.29, 1.82) is 0 Å². The number of anilines is 1. The van der Waals surface area contributed by atoms with E-state index in [1.807, 2.05) is 32.8 Å². The number of benzene rings is 2. The van der Waals surface area contributed by atoms with Gasteiger partial charge < -0.3 is 4.90 Å². The van der Waals surface area contributed by atoms with Crippen LogP contribution in [0.3, 0.4) is 0 Å². The minimum atomic E-state index is -0.517. The molecule has 160 valence electrons. The summed E-state index contributed by atoms with van der Waals surface area (Å²) < 4.78 is 1.01. The fourth-order valence-corrected chi connectivity index (χ4v) is 4.43. The van der Waals surface area contributed by atoms with Crippen LogP contribution in [0.2, 0.25) is 0 Å². The fraction of sp³-hybridized carbons (Fsp3) is 0.333. The summed E-state index contributed by atoms with van der Waals surface area (Å²) in [6.45, 7) is 5.25. The topological polar surface area (TPSA) is 79.6 Å². The zero-order chi connectivity index (χ0) is 21.1. The Hall–Kier alpha value is -2.55. The lowest BCUT2D eigenvalue weighted by atomic mass is 10.1. The SMILES string of the molecule is Cc1cc(C)c2nc(N(CCCN(C)C)C(=O)c3ccccc3[N+](=O)[O-])sc2c1.Cl. The van der Waals surface area contributed by atoms with Gasteiger partial charge in [0, 0.05) is 12.6 Å². The van der Waals surface area contributed by atoms with E-state index in [2.05, 4.69) is 12.1 Å². The number of carbonyl (C=O) groups excluding carboxylic acids is 1. The average molecular weight is 449 g/mol. The number of fused-ring (bicyclic) bond motifs is 1. The van der Waals surface area contributed by atoms with Crippen LogP contribution in [0.1, 0.15) is 27.9 Å². The van der Waals surface area contributed by atoms with Gasteiger partial charge in [0.15, 0.2) is 5.13 Å². The van der Waals surface area contributed by atoms with E-state index in [0.29, 0.717) is 11.7 Å². The molecule has 2 aromatic carbocycles. The van der Waals surface area contributed by atoms with Crippen LogP contribution in [0, 0.1) is 24.0 Å². The van der Waals surface area contributed by atoms with E-state index in [4.69, 9.17) is 4.98 Å². The molecule has 1 aromatic heterocycles. The summed E-state index contributed by atoms with van der Waals surface area (Å²) in [6, 6.07) is 10.2. The molecule has 1 amide bonds. The largest absolute Gasteiger partial charge is 0.309 e. The van der Waals surface area contributed by atoms with Gasteiger partial charge in [0.2, 0.25) is 0 Å². The molecule has 0 unspecified atom stereocenters. The van der Waals surface area contributed by atoms with Gasteiger partial charge in [-0.05, 0) is 64.2 Å². The number of halogens is 1. The van der Waals surface area contributed by atoms with Crippen molar-refractivity contribution in [3.8, 4) is 0 Å². The van der Waals surface area contributed by atoms with Gasteiger partial charge in [0.1, 0.15) is 5.56 Å². The van der Waals surface area contributed by atoms with Crippen LogP contribution < -0.4 is 4.90 Å². The molecule has 1 heterocycles. The van der Waals surface area contributed by atoms with Crippen LogP contribution in [-0.2, 0) is 0 Å². The van der Waals surface area contributed by atoms with E-state index in [9.17, 15) is 14.9 Å². The molecule has 0 saturated carbocycles. The van der Waals surface area contributed by atoms with Crippen molar-refractivity contribution < 1.29 is 9.72 Å². The Labute approximate surface area is 185 Å². The van der Waals surface area contributed by atoms with E-state index in [1.54, 1.807) is 17.0 Å². The Balaban J connectivity index is 0.00000320. The third-order valence-corrected chi connectivity index (χ3v) is 5.64. The molecule has 0 aliphatic rings. The predicted molar refractivity (Wildman–Crippen MR) is 124 cm³/mol. The second-order valence-electron chi connectivity index (χ2n) is 7.31. The summed E-state index contributed by atoms with van der Waals surface area (Å²) in [7, 11) is 3.94. The van der Waals surface area contributed by atoms with Gasteiger partial charge in [0.05, 0.1) is 15.1 Å². The third kappa shape index (κ3) is 5.13. The van der Waals surface area contributed by atoms with Crippen molar-refractivity contribution in [2.75, 3.05) is 32.1 Å². The summed E-state index contributed by atoms with van der Waals surface area (Å²) in [5, 5.41) is 12.0. The number of hydrogen-bond donors (Lipinski definition) is 0. The van der Waals surface area contributed by atoms with E-state index < -0.39 is 10.8 Å². The van der Waals surface area contributed by atoms with E-state index in [-0.39, 0.29) is 23.7 Å². The molecule has 3 aromatic rings. The standard InChI is InChI=1S/C21H24N4O3S.ClH/c1-14-12-15(2)19-18(13-14)29-21(22-19)24(11-7-10-23(3)4)20(26)16-8-5-6-9-17(16)25(27)28;/h5-6,8-9,12-13H,7,10-11H2,1-4H3;1H. The summed E-state index contributed by atoms with van der Waals surface area (Å²) in [5.74, 6) is -0.399. The van der Waals surface area contributed by atoms with E-state index >= 15 is 0 Å². The number of para-hydroxylation sites is 1. The number of aromatic nitrogens is 1. The molecule has 0 spiro atoms. The predicted octanol–water partition coefficient (Wildman–Crippen LogP) is 4.84. The minimum absolute atomic E-state index is 0. The molecule has 0 aliphatic carbocycles. The van der Waals surface area contributed by atoms with Gasteiger partial charge in [-0.2, -0.15) is 0 Å². The number of aryl methyl sites for hydroxylation is 2. The van der Waals surface area contributed by atoms with Crippen LogP contribution in [0.15, 0.2) is 36.4 Å². The van der Waals surface area contributed by atoms with Crippen molar-refractivity contribution in [2.24, 2.45) is 0 Å². The number of nitro groups is 1. The number of thiazole rings is 1. The van der Waals surface area contributed by atoms with Crippen molar-refractivity contribution >= 4 is 50.7 Å². The Morgan fingerprint density at radius 2 is 1.87 bits per heavy atom. The van der Waals surface area contributed by atoms with Crippen molar-refractivity contribution in [3.63, 3.8) is 0 Å². The Bertz CT molecular complexity index is 1070. The van der Waals surface area contributed by atoms with Crippen LogP contribution in [0.4, 0.5) is 10.8 Å². The number of amides is 1. The number of nitro benzene ring substituents is 1. The smallest absolute Gasteiger partial charge is 0.282 e. The van der Waals surface area contributed by atoms with Gasteiger partial charge in [-0.1, -0.05) is 29.5 Å². The summed E-state index contributed by atoms with van der Waals surface area (Å²) >= 11 is 1.44. The minimum Gasteiger partial charge on any atom is -0.309 e. The van der Waals surface area contributed by atoms with Gasteiger partial charge in [-0.25, -0.2) is 4.98 Å². The summed E-state index contributed by atoms with van der Waals surface area (Å²) in [6.07, 6.45) is 0.729.